The van der Waals surface area contributed by atoms with E-state index in [0.29, 0.717) is 4.77 Å². The Morgan fingerprint density at radius 3 is 1.73 bits per heavy atom. The maximum Gasteiger partial charge on any atom is 0.203 e. The van der Waals surface area contributed by atoms with Gasteiger partial charge in [0.15, 0.2) is 21.2 Å². The van der Waals surface area contributed by atoms with Crippen LogP contribution in [-0.2, 0) is 0 Å². The molecule has 0 bridgehead atoms. The monoisotopic (exact) mass is 262 g/mol. The summed E-state index contributed by atoms with van der Waals surface area (Å²) in [5.41, 5.74) is 0. The van der Waals surface area contributed by atoms with Crippen LogP contribution < -0.4 is 0 Å². The molecule has 0 saturated carbocycles. The highest BCUT2D eigenvalue weighted by molar-refractivity contribution is 7.71. The van der Waals surface area contributed by atoms with E-state index in [9.17, 15) is 4.39 Å². The van der Waals surface area contributed by atoms with Crippen molar-refractivity contribution in [1.82, 2.24) is 8.47 Å². The summed E-state index contributed by atoms with van der Waals surface area (Å²) in [6.45, 7) is 12.8. The van der Waals surface area contributed by atoms with Crippen LogP contribution in [0.25, 0.3) is 0 Å². The van der Waals surface area contributed by atoms with E-state index in [0.717, 1.165) is 0 Å². The molecule has 0 unspecified atom stereocenters. The lowest BCUT2D eigenvalue weighted by Crippen LogP contribution is -2.36. The zero-order valence-electron chi connectivity index (χ0n) is 10.3. The minimum Gasteiger partial charge on any atom is -0.350 e. The van der Waals surface area contributed by atoms with Crippen LogP contribution in [0.3, 0.4) is 0 Å². The van der Waals surface area contributed by atoms with Crippen LogP contribution in [0, 0.1) is 10.7 Å². The number of imidazole rings is 1. The average molecular weight is 263 g/mol. The van der Waals surface area contributed by atoms with E-state index in [1.54, 1.807) is 10.4 Å². The van der Waals surface area contributed by atoms with Gasteiger partial charge in [-0.15, -0.1) is 0 Å². The molecule has 0 atom stereocenters. The summed E-state index contributed by atoms with van der Waals surface area (Å²) < 4.78 is 18.2. The largest absolute Gasteiger partial charge is 0.350 e. The van der Waals surface area contributed by atoms with Crippen molar-refractivity contribution in [3.63, 3.8) is 0 Å². The fourth-order valence-electron chi connectivity index (χ4n) is 1.51. The lowest BCUT2D eigenvalue weighted by molar-refractivity contribution is 0.568. The van der Waals surface area contributed by atoms with Gasteiger partial charge < -0.3 is 8.47 Å². The highest BCUT2D eigenvalue weighted by atomic mass is 32.1. The van der Waals surface area contributed by atoms with Crippen LogP contribution >= 0.6 is 12.2 Å². The van der Waals surface area contributed by atoms with E-state index < -0.39 is 16.5 Å². The molecular weight excluding hydrogens is 243 g/mol. The van der Waals surface area contributed by atoms with Gasteiger partial charge in [-0.25, -0.2) is 0 Å². The maximum atomic E-state index is 13.8. The van der Waals surface area contributed by atoms with Gasteiger partial charge in [0, 0.05) is 0 Å². The molecule has 0 aliphatic heterocycles. The first kappa shape index (κ1) is 12.9. The second-order valence-corrected chi connectivity index (χ2v) is 15.8. The lowest BCUT2D eigenvalue weighted by atomic mass is 10.9. The molecule has 0 aliphatic carbocycles. The Bertz CT molecular complexity index is 423. The lowest BCUT2D eigenvalue weighted by Gasteiger charge is -2.21. The quantitative estimate of drug-likeness (QED) is 0.585. The van der Waals surface area contributed by atoms with E-state index >= 15 is 0 Å². The van der Waals surface area contributed by atoms with Gasteiger partial charge in [0.1, 0.15) is 0 Å². The molecule has 0 aromatic carbocycles. The third kappa shape index (κ3) is 2.48. The maximum absolute atomic E-state index is 13.8. The Labute approximate surface area is 97.9 Å². The summed E-state index contributed by atoms with van der Waals surface area (Å²) in [5, 5.41) is 0. The molecule has 2 nitrogen and oxygen atoms in total. The summed E-state index contributed by atoms with van der Waals surface area (Å²) >= 11 is 5.36. The normalized spacial score (nSPS) is 13.3. The molecule has 1 aromatic heterocycles. The molecule has 0 spiro atoms. The molecule has 1 heterocycles. The third-order valence-corrected chi connectivity index (χ3v) is 6.50. The molecule has 0 fully saturated rings. The average Bonchev–Trinajstić information content (AvgIpc) is 2.22. The second kappa shape index (κ2) is 3.67. The molecule has 15 heavy (non-hydrogen) atoms. The third-order valence-electron chi connectivity index (χ3n) is 2.24. The van der Waals surface area contributed by atoms with Crippen molar-refractivity contribution in [2.24, 2.45) is 0 Å². The predicted molar refractivity (Wildman–Crippen MR) is 70.7 cm³/mol. The van der Waals surface area contributed by atoms with Gasteiger partial charge in [0.25, 0.3) is 0 Å². The molecule has 0 aliphatic rings. The van der Waals surface area contributed by atoms with Gasteiger partial charge >= 0.3 is 0 Å². The molecule has 86 valence electrons. The van der Waals surface area contributed by atoms with Crippen molar-refractivity contribution >= 4 is 28.7 Å². The van der Waals surface area contributed by atoms with Gasteiger partial charge in [0.05, 0.1) is 6.20 Å². The van der Waals surface area contributed by atoms with Gasteiger partial charge in [-0.3, -0.25) is 0 Å². The number of halogens is 1. The molecule has 0 radical (unpaired) electrons. The van der Waals surface area contributed by atoms with Crippen LogP contribution in [0.5, 0.6) is 0 Å². The number of rotatable bonds is 2. The molecular formula is C9H19FN2SSi2. The molecule has 1 aromatic rings. The zero-order valence-corrected chi connectivity index (χ0v) is 13.1. The standard InChI is InChI=1S/C9H19FN2SSi2/c1-14(2,3)11-7-8(10)12(9(11)13)15(4,5)6/h7H,1-6H3. The minimum atomic E-state index is -1.74. The van der Waals surface area contributed by atoms with E-state index in [2.05, 4.69) is 39.3 Å². The van der Waals surface area contributed by atoms with Crippen LogP contribution in [0.15, 0.2) is 6.20 Å². The molecule has 6 heteroatoms. The Hall–Kier alpha value is -0.206. The van der Waals surface area contributed by atoms with Crippen LogP contribution in [0.4, 0.5) is 4.39 Å². The SMILES string of the molecule is C[Si](C)(C)n1cc(F)n([Si](C)(C)C)c1=S. The molecule has 0 amide bonds. The summed E-state index contributed by atoms with van der Waals surface area (Å²) in [4.78, 5) is 0. The Morgan fingerprint density at radius 1 is 1.07 bits per heavy atom. The number of hydrogen-bond acceptors (Lipinski definition) is 1. The van der Waals surface area contributed by atoms with Crippen molar-refractivity contribution in [2.75, 3.05) is 0 Å². The minimum absolute atomic E-state index is 0.179. The van der Waals surface area contributed by atoms with Crippen LogP contribution in [0.2, 0.25) is 39.3 Å². The van der Waals surface area contributed by atoms with E-state index in [1.165, 1.54) is 0 Å². The molecule has 1 rings (SSSR count). The van der Waals surface area contributed by atoms with Gasteiger partial charge in [-0.2, -0.15) is 4.39 Å². The van der Waals surface area contributed by atoms with Crippen molar-refractivity contribution < 1.29 is 4.39 Å². The number of hydrogen-bond donors (Lipinski definition) is 0. The zero-order chi connectivity index (χ0) is 12.0. The topological polar surface area (TPSA) is 9.86 Å². The number of nitrogens with zero attached hydrogens (tertiary/aromatic N) is 2. The summed E-state index contributed by atoms with van der Waals surface area (Å²) in [7, 11) is -3.33. The number of aromatic nitrogens is 2. The second-order valence-electron chi connectivity index (χ2n) is 5.78. The Kier molecular flexibility index (Phi) is 3.15. The predicted octanol–water partition coefficient (Wildman–Crippen LogP) is 3.52. The first-order chi connectivity index (χ1) is 6.55. The fraction of sp³-hybridized carbons (Fsp3) is 0.667. The van der Waals surface area contributed by atoms with Crippen LogP contribution in [-0.4, -0.2) is 24.9 Å². The highest BCUT2D eigenvalue weighted by Crippen LogP contribution is 2.16. The van der Waals surface area contributed by atoms with E-state index in [1.807, 2.05) is 4.23 Å². The summed E-state index contributed by atoms with van der Waals surface area (Å²) in [6.07, 6.45) is 1.58. The van der Waals surface area contributed by atoms with Crippen molar-refractivity contribution in [1.29, 1.82) is 0 Å². The smallest absolute Gasteiger partial charge is 0.203 e. The van der Waals surface area contributed by atoms with E-state index in [-0.39, 0.29) is 5.95 Å². The van der Waals surface area contributed by atoms with Crippen molar-refractivity contribution in [3.8, 4) is 0 Å². The van der Waals surface area contributed by atoms with Crippen molar-refractivity contribution in [3.05, 3.63) is 16.9 Å². The molecule has 0 N–H and O–H groups in total. The Balaban J connectivity index is 3.48. The van der Waals surface area contributed by atoms with Gasteiger partial charge in [-0.05, 0) is 12.2 Å². The summed E-state index contributed by atoms with van der Waals surface area (Å²) in [5.74, 6) is -0.179. The Morgan fingerprint density at radius 2 is 1.53 bits per heavy atom. The van der Waals surface area contributed by atoms with Gasteiger partial charge in [0.2, 0.25) is 5.95 Å². The van der Waals surface area contributed by atoms with Gasteiger partial charge in [-0.1, -0.05) is 39.3 Å². The first-order valence-corrected chi connectivity index (χ1v) is 12.4. The fourth-order valence-corrected chi connectivity index (χ4v) is 5.94. The summed E-state index contributed by atoms with van der Waals surface area (Å²) in [6, 6.07) is 0. The van der Waals surface area contributed by atoms with E-state index in [4.69, 9.17) is 12.2 Å². The first-order valence-electron chi connectivity index (χ1n) is 5.06. The molecule has 0 saturated heterocycles. The highest BCUT2D eigenvalue weighted by Gasteiger charge is 2.26. The van der Waals surface area contributed by atoms with Crippen molar-refractivity contribution in [2.45, 2.75) is 39.3 Å². The van der Waals surface area contributed by atoms with Crippen LogP contribution in [0.1, 0.15) is 0 Å².